The fourth-order valence-corrected chi connectivity index (χ4v) is 3.76. The van der Waals surface area contributed by atoms with Crippen molar-refractivity contribution in [2.24, 2.45) is 5.92 Å². The van der Waals surface area contributed by atoms with Gasteiger partial charge in [-0.3, -0.25) is 9.52 Å². The first kappa shape index (κ1) is 15.5. The lowest BCUT2D eigenvalue weighted by atomic mass is 10.0. The number of benzene rings is 1. The molecule has 1 fully saturated rings. The molecule has 6 nitrogen and oxygen atoms in total. The molecule has 1 aromatic carbocycles. The van der Waals surface area contributed by atoms with Crippen molar-refractivity contribution in [3.05, 3.63) is 27.8 Å². The number of rotatable bonds is 4. The number of piperidine rings is 1. The number of hydrogen-bond donors (Lipinski definition) is 2. The van der Waals surface area contributed by atoms with Crippen molar-refractivity contribution in [1.82, 2.24) is 4.31 Å². The summed E-state index contributed by atoms with van der Waals surface area (Å²) in [6, 6.07) is 6.96. The maximum atomic E-state index is 12.2. The number of carboxylic acid groups (broad SMARTS) is 1. The van der Waals surface area contributed by atoms with Gasteiger partial charge >= 0.3 is 16.2 Å². The van der Waals surface area contributed by atoms with E-state index < -0.39 is 22.1 Å². The van der Waals surface area contributed by atoms with Gasteiger partial charge in [-0.2, -0.15) is 12.7 Å². The van der Waals surface area contributed by atoms with Crippen LogP contribution < -0.4 is 4.72 Å². The number of carbonyl (C=O) groups is 1. The largest absolute Gasteiger partial charge is 0.481 e. The highest BCUT2D eigenvalue weighted by Gasteiger charge is 2.32. The van der Waals surface area contributed by atoms with Crippen LogP contribution in [0.4, 0.5) is 5.69 Å². The molecule has 1 aliphatic rings. The molecule has 0 radical (unpaired) electrons. The Kier molecular flexibility index (Phi) is 4.86. The van der Waals surface area contributed by atoms with E-state index in [4.69, 9.17) is 5.11 Å². The summed E-state index contributed by atoms with van der Waals surface area (Å²) in [4.78, 5) is 11.0. The maximum Gasteiger partial charge on any atom is 0.307 e. The molecule has 2 rings (SSSR count). The van der Waals surface area contributed by atoms with Crippen LogP contribution in [0, 0.1) is 9.49 Å². The molecule has 1 aromatic rings. The zero-order valence-electron chi connectivity index (χ0n) is 10.6. The van der Waals surface area contributed by atoms with Crippen LogP contribution in [-0.4, -0.2) is 36.9 Å². The maximum absolute atomic E-state index is 12.2. The van der Waals surface area contributed by atoms with Crippen LogP contribution >= 0.6 is 22.6 Å². The quantitative estimate of drug-likeness (QED) is 0.741. The second-order valence-corrected chi connectivity index (χ2v) is 7.57. The van der Waals surface area contributed by atoms with Crippen LogP contribution in [0.1, 0.15) is 12.8 Å². The number of carboxylic acids is 1. The second kappa shape index (κ2) is 6.27. The van der Waals surface area contributed by atoms with E-state index in [9.17, 15) is 13.2 Å². The first-order valence-electron chi connectivity index (χ1n) is 6.15. The summed E-state index contributed by atoms with van der Waals surface area (Å²) in [5, 5.41) is 9.00. The van der Waals surface area contributed by atoms with Gasteiger partial charge in [-0.1, -0.05) is 0 Å². The number of aliphatic carboxylic acids is 1. The Hall–Kier alpha value is -0.870. The van der Waals surface area contributed by atoms with E-state index in [2.05, 4.69) is 27.3 Å². The molecule has 2 N–H and O–H groups in total. The smallest absolute Gasteiger partial charge is 0.307 e. The third kappa shape index (κ3) is 3.83. The molecule has 8 heteroatoms. The van der Waals surface area contributed by atoms with Gasteiger partial charge in [-0.15, -0.1) is 0 Å². The Bertz CT molecular complexity index is 588. The van der Waals surface area contributed by atoms with Gasteiger partial charge in [0, 0.05) is 22.3 Å². The number of hydrogen-bond acceptors (Lipinski definition) is 3. The fourth-order valence-electron chi connectivity index (χ4n) is 2.09. The molecular weight excluding hydrogens is 395 g/mol. The average molecular weight is 410 g/mol. The van der Waals surface area contributed by atoms with Crippen molar-refractivity contribution in [3.8, 4) is 0 Å². The summed E-state index contributed by atoms with van der Waals surface area (Å²) < 4.78 is 29.1. The van der Waals surface area contributed by atoms with Gasteiger partial charge in [0.05, 0.1) is 5.92 Å². The number of nitrogens with zero attached hydrogens (tertiary/aromatic N) is 1. The summed E-state index contributed by atoms with van der Waals surface area (Å²) in [7, 11) is -3.70. The zero-order valence-corrected chi connectivity index (χ0v) is 13.6. The molecule has 1 unspecified atom stereocenters. The summed E-state index contributed by atoms with van der Waals surface area (Å²) in [6.45, 7) is 0.374. The van der Waals surface area contributed by atoms with Crippen LogP contribution in [0.5, 0.6) is 0 Å². The second-order valence-electron chi connectivity index (χ2n) is 4.65. The summed E-state index contributed by atoms with van der Waals surface area (Å²) >= 11 is 2.13. The molecule has 0 spiro atoms. The third-order valence-electron chi connectivity index (χ3n) is 3.16. The Morgan fingerprint density at radius 3 is 2.60 bits per heavy atom. The van der Waals surface area contributed by atoms with E-state index in [0.717, 1.165) is 3.57 Å². The highest BCUT2D eigenvalue weighted by atomic mass is 127. The first-order chi connectivity index (χ1) is 9.38. The van der Waals surface area contributed by atoms with Gasteiger partial charge in [-0.25, -0.2) is 0 Å². The Balaban J connectivity index is 2.09. The fraction of sp³-hybridized carbons (Fsp3) is 0.417. The molecule has 1 heterocycles. The summed E-state index contributed by atoms with van der Waals surface area (Å²) in [5.41, 5.74) is 0.475. The lowest BCUT2D eigenvalue weighted by Crippen LogP contribution is -2.44. The molecule has 1 saturated heterocycles. The van der Waals surface area contributed by atoms with Crippen LogP contribution in [-0.2, 0) is 15.0 Å². The molecule has 0 amide bonds. The van der Waals surface area contributed by atoms with Crippen LogP contribution in [0.3, 0.4) is 0 Å². The van der Waals surface area contributed by atoms with E-state index in [1.54, 1.807) is 24.3 Å². The molecule has 0 aliphatic carbocycles. The van der Waals surface area contributed by atoms with Gasteiger partial charge in [0.2, 0.25) is 0 Å². The highest BCUT2D eigenvalue weighted by molar-refractivity contribution is 14.1. The monoisotopic (exact) mass is 410 g/mol. The van der Waals surface area contributed by atoms with Crippen LogP contribution in [0.25, 0.3) is 0 Å². The third-order valence-corrected chi connectivity index (χ3v) is 5.39. The molecule has 0 aromatic heterocycles. The summed E-state index contributed by atoms with van der Waals surface area (Å²) in [5.74, 6) is -1.57. The van der Waals surface area contributed by atoms with Crippen molar-refractivity contribution < 1.29 is 18.3 Å². The topological polar surface area (TPSA) is 86.7 Å². The van der Waals surface area contributed by atoms with Crippen molar-refractivity contribution in [1.29, 1.82) is 0 Å². The minimum atomic E-state index is -3.70. The SMILES string of the molecule is O=C(O)C1CCCN(S(=O)(=O)Nc2ccc(I)cc2)C1. The normalized spacial score (nSPS) is 20.6. The van der Waals surface area contributed by atoms with Gasteiger partial charge in [0.25, 0.3) is 0 Å². The van der Waals surface area contributed by atoms with Crippen LogP contribution in [0.2, 0.25) is 0 Å². The van der Waals surface area contributed by atoms with Crippen LogP contribution in [0.15, 0.2) is 24.3 Å². The van der Waals surface area contributed by atoms with E-state index in [1.807, 2.05) is 0 Å². The van der Waals surface area contributed by atoms with Gasteiger partial charge < -0.3 is 5.11 Å². The average Bonchev–Trinajstić information content (AvgIpc) is 2.41. The number of halogens is 1. The van der Waals surface area contributed by atoms with Crippen molar-refractivity contribution in [2.75, 3.05) is 17.8 Å². The Morgan fingerprint density at radius 1 is 1.35 bits per heavy atom. The Morgan fingerprint density at radius 2 is 2.00 bits per heavy atom. The zero-order chi connectivity index (χ0) is 14.8. The Labute approximate surface area is 131 Å². The molecule has 0 bridgehead atoms. The van der Waals surface area contributed by atoms with Crippen molar-refractivity contribution in [3.63, 3.8) is 0 Å². The van der Waals surface area contributed by atoms with Gasteiger partial charge in [0.15, 0.2) is 0 Å². The van der Waals surface area contributed by atoms with E-state index >= 15 is 0 Å². The predicted octanol–water partition coefficient (Wildman–Crippen LogP) is 1.74. The number of nitrogens with one attached hydrogen (secondary N) is 1. The number of anilines is 1. The predicted molar refractivity (Wildman–Crippen MR) is 83.6 cm³/mol. The molecular formula is C12H15IN2O4S. The first-order valence-corrected chi connectivity index (χ1v) is 8.66. The van der Waals surface area contributed by atoms with E-state index in [1.165, 1.54) is 4.31 Å². The van der Waals surface area contributed by atoms with Gasteiger partial charge in [-0.05, 0) is 59.7 Å². The molecule has 1 atom stereocenters. The van der Waals surface area contributed by atoms with E-state index in [-0.39, 0.29) is 6.54 Å². The minimum Gasteiger partial charge on any atom is -0.481 e. The van der Waals surface area contributed by atoms with Crippen molar-refractivity contribution in [2.45, 2.75) is 12.8 Å². The minimum absolute atomic E-state index is 0.0229. The summed E-state index contributed by atoms with van der Waals surface area (Å²) in [6.07, 6.45) is 1.08. The molecule has 110 valence electrons. The van der Waals surface area contributed by atoms with E-state index in [0.29, 0.717) is 25.1 Å². The molecule has 0 saturated carbocycles. The lowest BCUT2D eigenvalue weighted by Gasteiger charge is -2.29. The lowest BCUT2D eigenvalue weighted by molar-refractivity contribution is -0.142. The molecule has 1 aliphatic heterocycles. The van der Waals surface area contributed by atoms with Gasteiger partial charge in [0.1, 0.15) is 0 Å². The standard InChI is InChI=1S/C12H15IN2O4S/c13-10-3-5-11(6-4-10)14-20(18,19)15-7-1-2-9(8-15)12(16)17/h3-6,9,14H,1-2,7-8H2,(H,16,17). The van der Waals surface area contributed by atoms with Crippen molar-refractivity contribution >= 4 is 44.5 Å². The highest BCUT2D eigenvalue weighted by Crippen LogP contribution is 2.21. The molecule has 20 heavy (non-hydrogen) atoms.